The molecule has 0 bridgehead atoms. The Morgan fingerprint density at radius 2 is 2.05 bits per heavy atom. The first-order valence-corrected chi connectivity index (χ1v) is 7.23. The monoisotopic (exact) mass is 305 g/mol. The van der Waals surface area contributed by atoms with Crippen molar-refractivity contribution in [2.24, 2.45) is 0 Å². The van der Waals surface area contributed by atoms with E-state index in [1.54, 1.807) is 12.4 Å². The zero-order chi connectivity index (χ0) is 15.3. The van der Waals surface area contributed by atoms with Crippen LogP contribution in [0.25, 0.3) is 0 Å². The van der Waals surface area contributed by atoms with Crippen LogP contribution in [0.1, 0.15) is 32.0 Å². The van der Waals surface area contributed by atoms with Gasteiger partial charge in [-0.05, 0) is 38.5 Å². The molecule has 0 spiro atoms. The number of ether oxygens (including phenoxy) is 1. The maximum absolute atomic E-state index is 5.94. The molecule has 0 amide bonds. The third-order valence-corrected chi connectivity index (χ3v) is 2.97. The maximum atomic E-state index is 5.94. The number of hydrogen-bond donors (Lipinski definition) is 1. The first-order chi connectivity index (χ1) is 9.92. The number of nitrogens with one attached hydrogen (secondary N) is 1. The Labute approximate surface area is 130 Å². The second kappa shape index (κ2) is 6.87. The molecule has 4 nitrogen and oxygen atoms in total. The van der Waals surface area contributed by atoms with Crippen LogP contribution in [-0.4, -0.2) is 15.5 Å². The molecule has 21 heavy (non-hydrogen) atoms. The third kappa shape index (κ3) is 5.69. The minimum Gasteiger partial charge on any atom is -0.472 e. The summed E-state index contributed by atoms with van der Waals surface area (Å²) in [5.41, 5.74) is 1.90. The van der Waals surface area contributed by atoms with Crippen LogP contribution < -0.4 is 10.1 Å². The van der Waals surface area contributed by atoms with E-state index >= 15 is 0 Å². The van der Waals surface area contributed by atoms with Crippen LogP contribution in [0, 0.1) is 0 Å². The highest BCUT2D eigenvalue weighted by Crippen LogP contribution is 2.13. The van der Waals surface area contributed by atoms with E-state index in [0.717, 1.165) is 11.3 Å². The van der Waals surface area contributed by atoms with Crippen molar-refractivity contribution < 1.29 is 4.74 Å². The van der Waals surface area contributed by atoms with Crippen molar-refractivity contribution in [1.29, 1.82) is 0 Å². The minimum atomic E-state index is 0.0410. The summed E-state index contributed by atoms with van der Waals surface area (Å²) in [6, 6.07) is 7.57. The average Bonchev–Trinajstić information content (AvgIpc) is 2.43. The van der Waals surface area contributed by atoms with Crippen LogP contribution in [-0.2, 0) is 13.2 Å². The predicted octanol–water partition coefficient (Wildman–Crippen LogP) is 3.60. The number of rotatable bonds is 5. The van der Waals surface area contributed by atoms with E-state index in [-0.39, 0.29) is 5.54 Å². The Hall–Kier alpha value is -1.65. The minimum absolute atomic E-state index is 0.0410. The summed E-state index contributed by atoms with van der Waals surface area (Å²) < 4.78 is 5.66. The van der Waals surface area contributed by atoms with Gasteiger partial charge in [-0.1, -0.05) is 23.7 Å². The third-order valence-electron chi connectivity index (χ3n) is 2.74. The molecular formula is C16H20ClN3O. The topological polar surface area (TPSA) is 47.0 Å². The van der Waals surface area contributed by atoms with Gasteiger partial charge in [0.25, 0.3) is 0 Å². The van der Waals surface area contributed by atoms with Crippen molar-refractivity contribution in [1.82, 2.24) is 15.3 Å². The van der Waals surface area contributed by atoms with Crippen LogP contribution >= 0.6 is 11.6 Å². The largest absolute Gasteiger partial charge is 0.472 e. The van der Waals surface area contributed by atoms with E-state index in [2.05, 4.69) is 36.1 Å². The van der Waals surface area contributed by atoms with Crippen LogP contribution in [0.2, 0.25) is 5.02 Å². The molecule has 0 atom stereocenters. The van der Waals surface area contributed by atoms with Gasteiger partial charge in [-0.2, -0.15) is 0 Å². The molecular weight excluding hydrogens is 286 g/mol. The summed E-state index contributed by atoms with van der Waals surface area (Å²) in [5.74, 6) is 0.517. The Morgan fingerprint density at radius 3 is 2.76 bits per heavy atom. The molecule has 0 aliphatic carbocycles. The molecule has 2 rings (SSSR count). The fourth-order valence-corrected chi connectivity index (χ4v) is 1.89. The lowest BCUT2D eigenvalue weighted by molar-refractivity contribution is 0.290. The molecule has 2 aromatic rings. The predicted molar refractivity (Wildman–Crippen MR) is 84.4 cm³/mol. The van der Waals surface area contributed by atoms with Crippen molar-refractivity contribution in [2.45, 2.75) is 39.5 Å². The molecule has 1 aromatic heterocycles. The fraction of sp³-hybridized carbons (Fsp3) is 0.375. The number of benzene rings is 1. The van der Waals surface area contributed by atoms with E-state index in [4.69, 9.17) is 16.3 Å². The Kier molecular flexibility index (Phi) is 5.15. The van der Waals surface area contributed by atoms with E-state index in [0.29, 0.717) is 24.1 Å². The normalized spacial score (nSPS) is 11.4. The van der Waals surface area contributed by atoms with Gasteiger partial charge in [0, 0.05) is 23.3 Å². The maximum Gasteiger partial charge on any atom is 0.232 e. The van der Waals surface area contributed by atoms with Crippen molar-refractivity contribution in [3.8, 4) is 5.88 Å². The highest BCUT2D eigenvalue weighted by atomic mass is 35.5. The molecule has 1 heterocycles. The second-order valence-electron chi connectivity index (χ2n) is 5.87. The smallest absolute Gasteiger partial charge is 0.232 e. The molecule has 0 radical (unpaired) electrons. The van der Waals surface area contributed by atoms with Gasteiger partial charge in [0.05, 0.1) is 11.9 Å². The zero-order valence-corrected chi connectivity index (χ0v) is 13.3. The zero-order valence-electron chi connectivity index (χ0n) is 12.6. The summed E-state index contributed by atoms with van der Waals surface area (Å²) in [4.78, 5) is 8.59. The quantitative estimate of drug-likeness (QED) is 0.917. The average molecular weight is 306 g/mol. The summed E-state index contributed by atoms with van der Waals surface area (Å²) in [6.45, 7) is 7.41. The number of hydrogen-bond acceptors (Lipinski definition) is 4. The summed E-state index contributed by atoms with van der Waals surface area (Å²) in [5, 5.41) is 4.07. The fourth-order valence-electron chi connectivity index (χ4n) is 1.68. The number of nitrogens with zero attached hydrogens (tertiary/aromatic N) is 2. The molecule has 0 unspecified atom stereocenters. The summed E-state index contributed by atoms with van der Waals surface area (Å²) >= 11 is 5.94. The molecule has 0 aliphatic rings. The van der Waals surface area contributed by atoms with Gasteiger partial charge in [-0.25, -0.2) is 4.98 Å². The Bertz CT molecular complexity index is 596. The van der Waals surface area contributed by atoms with Crippen molar-refractivity contribution in [3.63, 3.8) is 0 Å². The van der Waals surface area contributed by atoms with Gasteiger partial charge < -0.3 is 10.1 Å². The highest BCUT2D eigenvalue weighted by Gasteiger charge is 2.09. The molecule has 1 N–H and O–H groups in total. The summed E-state index contributed by atoms with van der Waals surface area (Å²) in [7, 11) is 0. The van der Waals surface area contributed by atoms with Gasteiger partial charge in [0.2, 0.25) is 5.88 Å². The van der Waals surface area contributed by atoms with Gasteiger partial charge in [-0.3, -0.25) is 4.98 Å². The highest BCUT2D eigenvalue weighted by molar-refractivity contribution is 6.30. The van der Waals surface area contributed by atoms with E-state index in [1.165, 1.54) is 0 Å². The van der Waals surface area contributed by atoms with Gasteiger partial charge in [0.1, 0.15) is 6.61 Å². The lowest BCUT2D eigenvalue weighted by Gasteiger charge is -2.20. The lowest BCUT2D eigenvalue weighted by Crippen LogP contribution is -2.35. The first kappa shape index (κ1) is 15.7. The van der Waals surface area contributed by atoms with Gasteiger partial charge in [-0.15, -0.1) is 0 Å². The Balaban J connectivity index is 1.95. The molecule has 0 aliphatic heterocycles. The van der Waals surface area contributed by atoms with Crippen LogP contribution in [0.4, 0.5) is 0 Å². The van der Waals surface area contributed by atoms with Gasteiger partial charge >= 0.3 is 0 Å². The molecule has 0 saturated heterocycles. The van der Waals surface area contributed by atoms with Crippen LogP contribution in [0.3, 0.4) is 0 Å². The number of halogens is 1. The van der Waals surface area contributed by atoms with Crippen molar-refractivity contribution in [3.05, 3.63) is 52.9 Å². The van der Waals surface area contributed by atoms with Gasteiger partial charge in [0.15, 0.2) is 0 Å². The standard InChI is InChI=1S/C16H20ClN3O/c1-16(2,3)19-9-14-8-18-10-15(20-14)21-11-12-5-4-6-13(17)7-12/h4-8,10,19H,9,11H2,1-3H3. The molecule has 5 heteroatoms. The summed E-state index contributed by atoms with van der Waals surface area (Å²) in [6.07, 6.45) is 3.36. The van der Waals surface area contributed by atoms with E-state index in [9.17, 15) is 0 Å². The van der Waals surface area contributed by atoms with Crippen molar-refractivity contribution >= 4 is 11.6 Å². The SMILES string of the molecule is CC(C)(C)NCc1cncc(OCc2cccc(Cl)c2)n1. The van der Waals surface area contributed by atoms with Crippen LogP contribution in [0.15, 0.2) is 36.7 Å². The van der Waals surface area contributed by atoms with Crippen LogP contribution in [0.5, 0.6) is 5.88 Å². The second-order valence-corrected chi connectivity index (χ2v) is 6.31. The Morgan fingerprint density at radius 1 is 1.24 bits per heavy atom. The molecule has 1 aromatic carbocycles. The first-order valence-electron chi connectivity index (χ1n) is 6.85. The molecule has 0 saturated carbocycles. The number of aromatic nitrogens is 2. The molecule has 112 valence electrons. The van der Waals surface area contributed by atoms with E-state index in [1.807, 2.05) is 24.3 Å². The van der Waals surface area contributed by atoms with E-state index < -0.39 is 0 Å². The lowest BCUT2D eigenvalue weighted by atomic mass is 10.1. The van der Waals surface area contributed by atoms with Crippen molar-refractivity contribution in [2.75, 3.05) is 0 Å². The molecule has 0 fully saturated rings.